The summed E-state index contributed by atoms with van der Waals surface area (Å²) in [7, 11) is 1.89. The van der Waals surface area contributed by atoms with Crippen molar-refractivity contribution in [2.75, 3.05) is 12.4 Å². The van der Waals surface area contributed by atoms with Crippen molar-refractivity contribution in [3.63, 3.8) is 0 Å². The van der Waals surface area contributed by atoms with Gasteiger partial charge in [0.1, 0.15) is 0 Å². The molecule has 2 fully saturated rings. The molecular weight excluding hydrogens is 364 g/mol. The Kier molecular flexibility index (Phi) is 7.17. The van der Waals surface area contributed by atoms with Crippen molar-refractivity contribution >= 4 is 17.6 Å². The highest BCUT2D eigenvalue weighted by molar-refractivity contribution is 5.90. The highest BCUT2D eigenvalue weighted by Gasteiger charge is 2.34. The van der Waals surface area contributed by atoms with Crippen molar-refractivity contribution in [3.8, 4) is 0 Å². The van der Waals surface area contributed by atoms with Gasteiger partial charge in [0.2, 0.25) is 5.91 Å². The number of anilines is 1. The van der Waals surface area contributed by atoms with Crippen LogP contribution in [0, 0.1) is 5.92 Å². The lowest BCUT2D eigenvalue weighted by atomic mass is 9.81. The van der Waals surface area contributed by atoms with Crippen LogP contribution in [0.15, 0.2) is 24.3 Å². The van der Waals surface area contributed by atoms with Gasteiger partial charge in [0, 0.05) is 24.8 Å². The fourth-order valence-electron chi connectivity index (χ4n) is 4.47. The normalized spacial score (nSPS) is 23.2. The topological polar surface area (TPSA) is 87.5 Å². The summed E-state index contributed by atoms with van der Waals surface area (Å²) in [6, 6.07) is 7.84. The largest absolute Gasteiger partial charge is 0.341 e. The Bertz CT molecular complexity index is 709. The van der Waals surface area contributed by atoms with Crippen molar-refractivity contribution in [2.45, 2.75) is 82.8 Å². The van der Waals surface area contributed by atoms with Crippen LogP contribution in [0.5, 0.6) is 0 Å². The first kappa shape index (κ1) is 21.6. The molecule has 29 heavy (non-hydrogen) atoms. The lowest BCUT2D eigenvalue weighted by Crippen LogP contribution is -2.52. The van der Waals surface area contributed by atoms with E-state index in [1.807, 2.05) is 36.2 Å². The highest BCUT2D eigenvalue weighted by Crippen LogP contribution is 2.30. The molecule has 4 N–H and O–H groups in total. The maximum Gasteiger partial charge on any atom is 0.319 e. The first-order valence-electron chi connectivity index (χ1n) is 11.1. The number of para-hydroxylation sites is 1. The zero-order valence-electron chi connectivity index (χ0n) is 18.0. The highest BCUT2D eigenvalue weighted by atomic mass is 16.2. The van der Waals surface area contributed by atoms with Crippen LogP contribution in [0.25, 0.3) is 0 Å². The molecule has 2 saturated carbocycles. The second kappa shape index (κ2) is 9.61. The summed E-state index contributed by atoms with van der Waals surface area (Å²) in [6.45, 7) is 4.24. The zero-order valence-corrected chi connectivity index (χ0v) is 18.0. The number of nitrogens with two attached hydrogens (primary N) is 1. The number of amides is 3. The predicted octanol–water partition coefficient (Wildman–Crippen LogP) is 3.83. The van der Waals surface area contributed by atoms with Gasteiger partial charge in [0.25, 0.3) is 0 Å². The lowest BCUT2D eigenvalue weighted by molar-refractivity contribution is -0.136. The molecule has 0 bridgehead atoms. The third-order valence-corrected chi connectivity index (χ3v) is 6.70. The summed E-state index contributed by atoms with van der Waals surface area (Å²) < 4.78 is 0. The summed E-state index contributed by atoms with van der Waals surface area (Å²) in [6.07, 6.45) is 6.87. The zero-order chi connectivity index (χ0) is 21.0. The van der Waals surface area contributed by atoms with Crippen molar-refractivity contribution in [2.24, 2.45) is 11.7 Å². The van der Waals surface area contributed by atoms with Gasteiger partial charge in [-0.05, 0) is 68.4 Å². The van der Waals surface area contributed by atoms with Gasteiger partial charge in [-0.15, -0.1) is 0 Å². The first-order valence-corrected chi connectivity index (χ1v) is 11.1. The number of nitrogens with one attached hydrogen (secondary N) is 2. The van der Waals surface area contributed by atoms with Crippen LogP contribution in [0.4, 0.5) is 10.5 Å². The minimum atomic E-state index is -0.423. The van der Waals surface area contributed by atoms with Crippen molar-refractivity contribution in [1.29, 1.82) is 0 Å². The van der Waals surface area contributed by atoms with Crippen molar-refractivity contribution in [3.05, 3.63) is 29.8 Å². The lowest BCUT2D eigenvalue weighted by Gasteiger charge is -2.38. The molecule has 2 aliphatic carbocycles. The molecule has 3 amide bonds. The standard InChI is InChI=1S/C23H36N4O2/c1-15(2)19-9-4-5-10-20(19)26-23(29)25-17-13-11-16(12-14-17)21(24)22(28)27(3)18-7-6-8-18/h4-5,9-10,15-18,21H,6-8,11-14,24H2,1-3H3,(H2,25,26,29)/t16?,17?,21-/m0/s1. The van der Waals surface area contributed by atoms with Crippen LogP contribution in [0.1, 0.15) is 70.3 Å². The molecule has 1 aromatic rings. The molecule has 0 aliphatic heterocycles. The molecule has 1 aromatic carbocycles. The van der Waals surface area contributed by atoms with E-state index in [0.717, 1.165) is 49.8 Å². The maximum atomic E-state index is 12.6. The molecule has 160 valence electrons. The van der Waals surface area contributed by atoms with Crippen LogP contribution < -0.4 is 16.4 Å². The minimum absolute atomic E-state index is 0.0779. The Labute approximate surface area is 174 Å². The van der Waals surface area contributed by atoms with E-state index in [1.165, 1.54) is 6.42 Å². The molecule has 0 unspecified atom stereocenters. The number of carbonyl (C=O) groups is 2. The third-order valence-electron chi connectivity index (χ3n) is 6.70. The average molecular weight is 401 g/mol. The molecule has 1 atom stereocenters. The molecule has 0 aromatic heterocycles. The quantitative estimate of drug-likeness (QED) is 0.678. The van der Waals surface area contributed by atoms with E-state index in [0.29, 0.717) is 12.0 Å². The molecule has 2 aliphatic rings. The van der Waals surface area contributed by atoms with Gasteiger partial charge in [-0.1, -0.05) is 32.0 Å². The van der Waals surface area contributed by atoms with Gasteiger partial charge in [0.15, 0.2) is 0 Å². The number of likely N-dealkylation sites (N-methyl/N-ethyl adjacent to an activating group) is 1. The van der Waals surface area contributed by atoms with Crippen molar-refractivity contribution in [1.82, 2.24) is 10.2 Å². The number of hydrogen-bond donors (Lipinski definition) is 3. The second-order valence-electron chi connectivity index (χ2n) is 9.01. The molecule has 0 radical (unpaired) electrons. The number of hydrogen-bond acceptors (Lipinski definition) is 3. The Morgan fingerprint density at radius 1 is 1.07 bits per heavy atom. The van der Waals surface area contributed by atoms with E-state index in [9.17, 15) is 9.59 Å². The molecule has 0 heterocycles. The van der Waals surface area contributed by atoms with E-state index in [2.05, 4.69) is 24.5 Å². The number of urea groups is 1. The van der Waals surface area contributed by atoms with Crippen LogP contribution >= 0.6 is 0 Å². The van der Waals surface area contributed by atoms with E-state index in [1.54, 1.807) is 0 Å². The van der Waals surface area contributed by atoms with Gasteiger partial charge < -0.3 is 21.3 Å². The van der Waals surface area contributed by atoms with Crippen LogP contribution in [0.3, 0.4) is 0 Å². The van der Waals surface area contributed by atoms with Gasteiger partial charge in [-0.25, -0.2) is 4.79 Å². The van der Waals surface area contributed by atoms with Crippen LogP contribution in [0.2, 0.25) is 0 Å². The van der Waals surface area contributed by atoms with Gasteiger partial charge >= 0.3 is 6.03 Å². The summed E-state index contributed by atoms with van der Waals surface area (Å²) >= 11 is 0. The Morgan fingerprint density at radius 2 is 1.72 bits per heavy atom. The predicted molar refractivity (Wildman–Crippen MR) is 117 cm³/mol. The summed E-state index contributed by atoms with van der Waals surface area (Å²) in [5.41, 5.74) is 8.30. The molecule has 0 saturated heterocycles. The van der Waals surface area contributed by atoms with E-state index in [-0.39, 0.29) is 23.9 Å². The SMILES string of the molecule is CC(C)c1ccccc1NC(=O)NC1CCC([C@H](N)C(=O)N(C)C2CCC2)CC1. The Hall–Kier alpha value is -2.08. The number of rotatable bonds is 6. The molecule has 6 heteroatoms. The second-order valence-corrected chi connectivity index (χ2v) is 9.01. The number of benzene rings is 1. The van der Waals surface area contributed by atoms with Crippen LogP contribution in [-0.4, -0.2) is 42.0 Å². The monoisotopic (exact) mass is 400 g/mol. The fourth-order valence-corrected chi connectivity index (χ4v) is 4.47. The summed E-state index contributed by atoms with van der Waals surface area (Å²) in [5.74, 6) is 0.626. The minimum Gasteiger partial charge on any atom is -0.341 e. The van der Waals surface area contributed by atoms with E-state index >= 15 is 0 Å². The maximum absolute atomic E-state index is 12.6. The van der Waals surface area contributed by atoms with E-state index in [4.69, 9.17) is 5.73 Å². The van der Waals surface area contributed by atoms with Gasteiger partial charge in [-0.3, -0.25) is 4.79 Å². The molecular formula is C23H36N4O2. The smallest absolute Gasteiger partial charge is 0.319 e. The third kappa shape index (κ3) is 5.30. The summed E-state index contributed by atoms with van der Waals surface area (Å²) in [5, 5.41) is 6.09. The van der Waals surface area contributed by atoms with Gasteiger partial charge in [-0.2, -0.15) is 0 Å². The number of nitrogens with zero attached hydrogens (tertiary/aromatic N) is 1. The molecule has 0 spiro atoms. The van der Waals surface area contributed by atoms with Crippen molar-refractivity contribution < 1.29 is 9.59 Å². The first-order chi connectivity index (χ1) is 13.9. The van der Waals surface area contributed by atoms with E-state index < -0.39 is 6.04 Å². The summed E-state index contributed by atoms with van der Waals surface area (Å²) in [4.78, 5) is 27.0. The van der Waals surface area contributed by atoms with Gasteiger partial charge in [0.05, 0.1) is 6.04 Å². The van der Waals surface area contributed by atoms with Crippen LogP contribution in [-0.2, 0) is 4.79 Å². The number of carbonyl (C=O) groups excluding carboxylic acids is 2. The Balaban J connectivity index is 1.46. The molecule has 3 rings (SSSR count). The Morgan fingerprint density at radius 3 is 2.31 bits per heavy atom. The average Bonchev–Trinajstić information content (AvgIpc) is 2.66. The molecule has 6 nitrogen and oxygen atoms in total. The fraction of sp³-hybridized carbons (Fsp3) is 0.652.